The third-order valence-electron chi connectivity index (χ3n) is 10.8. The van der Waals surface area contributed by atoms with E-state index in [-0.39, 0.29) is 0 Å². The van der Waals surface area contributed by atoms with Crippen LogP contribution in [0.3, 0.4) is 0 Å². The molecule has 0 N–H and O–H groups in total. The second-order valence-corrected chi connectivity index (χ2v) is 14.1. The first-order valence-corrected chi connectivity index (χ1v) is 18.9. The van der Waals surface area contributed by atoms with Crippen LogP contribution in [0.15, 0.2) is 200 Å². The van der Waals surface area contributed by atoms with Gasteiger partial charge in [0.15, 0.2) is 5.82 Å². The van der Waals surface area contributed by atoms with Crippen LogP contribution >= 0.6 is 0 Å². The lowest BCUT2D eigenvalue weighted by Gasteiger charge is -2.13. The molecule has 0 radical (unpaired) electrons. The van der Waals surface area contributed by atoms with E-state index in [1.54, 1.807) is 0 Å². The molecule has 5 heteroatoms. The molecule has 0 aliphatic rings. The summed E-state index contributed by atoms with van der Waals surface area (Å²) >= 11 is 0. The summed E-state index contributed by atoms with van der Waals surface area (Å²) < 4.78 is 4.64. The molecule has 0 aliphatic heterocycles. The Kier molecular flexibility index (Phi) is 7.42. The molecule has 0 fully saturated rings. The van der Waals surface area contributed by atoms with Crippen molar-refractivity contribution in [2.45, 2.75) is 0 Å². The van der Waals surface area contributed by atoms with Crippen LogP contribution in [0.4, 0.5) is 0 Å². The van der Waals surface area contributed by atoms with E-state index in [0.29, 0.717) is 5.82 Å². The highest BCUT2D eigenvalue weighted by Crippen LogP contribution is 2.38. The topological polar surface area (TPSA) is 48.5 Å². The van der Waals surface area contributed by atoms with Crippen LogP contribution in [0.5, 0.6) is 0 Å². The molecule has 0 aliphatic carbocycles. The molecule has 0 saturated heterocycles. The zero-order chi connectivity index (χ0) is 37.0. The Balaban J connectivity index is 1.08. The normalized spacial score (nSPS) is 11.6. The van der Waals surface area contributed by atoms with Crippen LogP contribution in [0.2, 0.25) is 0 Å². The zero-order valence-electron chi connectivity index (χ0n) is 30.3. The lowest BCUT2D eigenvalue weighted by atomic mass is 10.0. The first kappa shape index (κ1) is 31.9. The van der Waals surface area contributed by atoms with Crippen molar-refractivity contribution in [1.29, 1.82) is 0 Å². The number of pyridine rings is 1. The van der Waals surface area contributed by atoms with E-state index < -0.39 is 0 Å². The Hall–Kier alpha value is -7.63. The molecule has 0 unspecified atom stereocenters. The average Bonchev–Trinajstić information content (AvgIpc) is 3.79. The molecule has 262 valence electrons. The summed E-state index contributed by atoms with van der Waals surface area (Å²) in [6, 6.07) is 68.4. The molecular weight excluding hydrogens is 683 g/mol. The minimum atomic E-state index is 0.702. The maximum atomic E-state index is 5.14. The van der Waals surface area contributed by atoms with Gasteiger partial charge in [-0.3, -0.25) is 4.57 Å². The Bertz CT molecular complexity index is 3180. The van der Waals surface area contributed by atoms with Crippen molar-refractivity contribution in [3.05, 3.63) is 200 Å². The van der Waals surface area contributed by atoms with Crippen LogP contribution in [-0.2, 0) is 0 Å². The third kappa shape index (κ3) is 5.29. The molecule has 11 rings (SSSR count). The number of hydrogen-bond acceptors (Lipinski definition) is 3. The van der Waals surface area contributed by atoms with Gasteiger partial charge in [0.1, 0.15) is 5.65 Å². The molecule has 4 aromatic heterocycles. The predicted octanol–water partition coefficient (Wildman–Crippen LogP) is 12.7. The summed E-state index contributed by atoms with van der Waals surface area (Å²) in [5.41, 5.74) is 13.7. The van der Waals surface area contributed by atoms with Gasteiger partial charge in [0.05, 0.1) is 27.9 Å². The monoisotopic (exact) mass is 715 g/mol. The van der Waals surface area contributed by atoms with Crippen LogP contribution in [0.1, 0.15) is 0 Å². The summed E-state index contributed by atoms with van der Waals surface area (Å²) in [6.07, 6.45) is 1.87. The number of fused-ring (bicyclic) bond motifs is 6. The second-order valence-electron chi connectivity index (χ2n) is 14.1. The molecule has 0 amide bonds. The van der Waals surface area contributed by atoms with E-state index in [9.17, 15) is 0 Å². The number of benzene rings is 7. The number of para-hydroxylation sites is 2. The summed E-state index contributed by atoms with van der Waals surface area (Å²) in [6.45, 7) is 0. The standard InChI is InChI=1S/C51H33N5/c1-4-14-34(15-5-1)45-33-46(54-50(53-45)35-16-6-2-7-17-35)38-18-12-21-40(30-38)55-47-24-11-10-22-41(47)42-27-25-37(32-49(42)55)36-26-28-48-44(31-36)43-23-13-29-52-51(43)56(48)39-19-8-3-9-20-39/h1-33H. The first-order chi connectivity index (χ1) is 27.8. The van der Waals surface area contributed by atoms with Crippen LogP contribution in [0, 0.1) is 0 Å². The van der Waals surface area contributed by atoms with E-state index in [1.165, 1.54) is 16.2 Å². The lowest BCUT2D eigenvalue weighted by molar-refractivity contribution is 1.14. The smallest absolute Gasteiger partial charge is 0.160 e. The molecule has 0 saturated carbocycles. The van der Waals surface area contributed by atoms with Crippen molar-refractivity contribution >= 4 is 43.7 Å². The fourth-order valence-electron chi connectivity index (χ4n) is 8.17. The lowest BCUT2D eigenvalue weighted by Crippen LogP contribution is -1.98. The molecule has 4 heterocycles. The molecule has 0 spiro atoms. The molecular formula is C51H33N5. The number of nitrogens with zero attached hydrogens (tertiary/aromatic N) is 5. The Morgan fingerprint density at radius 1 is 0.321 bits per heavy atom. The number of rotatable bonds is 6. The predicted molar refractivity (Wildman–Crippen MR) is 230 cm³/mol. The quantitative estimate of drug-likeness (QED) is 0.172. The summed E-state index contributed by atoms with van der Waals surface area (Å²) in [5, 5.41) is 4.74. The van der Waals surface area contributed by atoms with Crippen molar-refractivity contribution in [2.75, 3.05) is 0 Å². The van der Waals surface area contributed by atoms with Crippen LogP contribution in [0.25, 0.3) is 100 Å². The maximum Gasteiger partial charge on any atom is 0.160 e. The third-order valence-corrected chi connectivity index (χ3v) is 10.8. The van der Waals surface area contributed by atoms with Gasteiger partial charge in [-0.2, -0.15) is 0 Å². The van der Waals surface area contributed by atoms with Gasteiger partial charge in [-0.15, -0.1) is 0 Å². The van der Waals surface area contributed by atoms with Crippen molar-refractivity contribution < 1.29 is 0 Å². The van der Waals surface area contributed by atoms with Crippen molar-refractivity contribution in [3.63, 3.8) is 0 Å². The molecule has 0 atom stereocenters. The highest BCUT2D eigenvalue weighted by Gasteiger charge is 2.18. The van der Waals surface area contributed by atoms with E-state index in [4.69, 9.17) is 15.0 Å². The molecule has 7 aromatic carbocycles. The zero-order valence-corrected chi connectivity index (χ0v) is 30.3. The minimum Gasteiger partial charge on any atom is -0.309 e. The first-order valence-electron chi connectivity index (χ1n) is 18.9. The van der Waals surface area contributed by atoms with Crippen molar-refractivity contribution in [1.82, 2.24) is 24.1 Å². The van der Waals surface area contributed by atoms with Gasteiger partial charge in [0.2, 0.25) is 0 Å². The Morgan fingerprint density at radius 3 is 1.75 bits per heavy atom. The van der Waals surface area contributed by atoms with Crippen LogP contribution in [-0.4, -0.2) is 24.1 Å². The summed E-state index contributed by atoms with van der Waals surface area (Å²) in [5.74, 6) is 0.702. The van der Waals surface area contributed by atoms with E-state index in [0.717, 1.165) is 78.2 Å². The van der Waals surface area contributed by atoms with E-state index >= 15 is 0 Å². The Morgan fingerprint density at radius 2 is 0.929 bits per heavy atom. The molecule has 56 heavy (non-hydrogen) atoms. The minimum absolute atomic E-state index is 0.702. The van der Waals surface area contributed by atoms with Gasteiger partial charge in [0.25, 0.3) is 0 Å². The van der Waals surface area contributed by atoms with Gasteiger partial charge >= 0.3 is 0 Å². The van der Waals surface area contributed by atoms with Gasteiger partial charge in [0, 0.05) is 55.8 Å². The van der Waals surface area contributed by atoms with Crippen molar-refractivity contribution in [2.24, 2.45) is 0 Å². The fraction of sp³-hybridized carbons (Fsp3) is 0. The Labute approximate surface area is 323 Å². The van der Waals surface area contributed by atoms with Crippen LogP contribution < -0.4 is 0 Å². The SMILES string of the molecule is c1ccc(-c2cc(-c3cccc(-n4c5ccccc5c5ccc(-c6ccc7c(c6)c6cccnc6n7-c6ccccc6)cc54)c3)nc(-c3ccccc3)n2)cc1. The second kappa shape index (κ2) is 13.0. The van der Waals surface area contributed by atoms with Gasteiger partial charge in [-0.1, -0.05) is 127 Å². The summed E-state index contributed by atoms with van der Waals surface area (Å²) in [7, 11) is 0. The number of hydrogen-bond donors (Lipinski definition) is 0. The molecule has 5 nitrogen and oxygen atoms in total. The van der Waals surface area contributed by atoms with E-state index in [2.05, 4.69) is 167 Å². The highest BCUT2D eigenvalue weighted by molar-refractivity contribution is 6.12. The van der Waals surface area contributed by atoms with Gasteiger partial charge in [-0.25, -0.2) is 15.0 Å². The van der Waals surface area contributed by atoms with Gasteiger partial charge in [-0.05, 0) is 77.9 Å². The van der Waals surface area contributed by atoms with E-state index in [1.807, 2.05) is 42.6 Å². The largest absolute Gasteiger partial charge is 0.309 e. The highest BCUT2D eigenvalue weighted by atomic mass is 15.0. The maximum absolute atomic E-state index is 5.14. The number of aromatic nitrogens is 5. The fourth-order valence-corrected chi connectivity index (χ4v) is 8.17. The molecule has 11 aromatic rings. The summed E-state index contributed by atoms with van der Waals surface area (Å²) in [4.78, 5) is 15.0. The molecule has 0 bridgehead atoms. The average molecular weight is 716 g/mol. The van der Waals surface area contributed by atoms with Crippen molar-refractivity contribution in [3.8, 4) is 56.4 Å². The van der Waals surface area contributed by atoms with Gasteiger partial charge < -0.3 is 4.57 Å².